The van der Waals surface area contributed by atoms with Gasteiger partial charge in [0.05, 0.1) is 5.41 Å². The summed E-state index contributed by atoms with van der Waals surface area (Å²) in [5, 5.41) is 3.36. The molecule has 1 aliphatic heterocycles. The molecule has 1 unspecified atom stereocenters. The number of nitrogens with one attached hydrogen (secondary N) is 1. The van der Waals surface area contributed by atoms with Gasteiger partial charge in [-0.15, -0.1) is 0 Å². The molecular weight excluding hydrogens is 269 g/mol. The molecule has 21 heavy (non-hydrogen) atoms. The summed E-state index contributed by atoms with van der Waals surface area (Å²) >= 11 is 0. The average Bonchev–Trinajstić information content (AvgIpc) is 3.18. The predicted molar refractivity (Wildman–Crippen MR) is 80.4 cm³/mol. The molecule has 5 heteroatoms. The van der Waals surface area contributed by atoms with Gasteiger partial charge in [0, 0.05) is 36.9 Å². The van der Waals surface area contributed by atoms with Crippen molar-refractivity contribution >= 4 is 11.6 Å². The minimum atomic E-state index is -0.520. The van der Waals surface area contributed by atoms with Crippen LogP contribution in [0.2, 0.25) is 0 Å². The van der Waals surface area contributed by atoms with Crippen LogP contribution in [0.4, 0.5) is 10.1 Å². The maximum absolute atomic E-state index is 14.2. The number of carbonyl (C=O) groups excluding carboxylic acids is 1. The average molecular weight is 291 g/mol. The Morgan fingerprint density at radius 3 is 2.90 bits per heavy atom. The summed E-state index contributed by atoms with van der Waals surface area (Å²) in [6, 6.07) is 5.69. The van der Waals surface area contributed by atoms with Crippen molar-refractivity contribution < 1.29 is 9.18 Å². The Kier molecular flexibility index (Phi) is 3.61. The first-order chi connectivity index (χ1) is 9.99. The van der Waals surface area contributed by atoms with E-state index in [0.717, 1.165) is 12.2 Å². The molecular formula is C16H22FN3O. The molecule has 114 valence electrons. The second kappa shape index (κ2) is 5.30. The van der Waals surface area contributed by atoms with Crippen LogP contribution < -0.4 is 16.0 Å². The summed E-state index contributed by atoms with van der Waals surface area (Å²) in [5.41, 5.74) is 6.55. The van der Waals surface area contributed by atoms with E-state index in [1.54, 1.807) is 6.07 Å². The number of nitrogens with zero attached hydrogens (tertiary/aromatic N) is 1. The van der Waals surface area contributed by atoms with Crippen molar-refractivity contribution in [3.8, 4) is 0 Å². The van der Waals surface area contributed by atoms with Crippen LogP contribution in [0, 0.1) is 11.2 Å². The zero-order valence-corrected chi connectivity index (χ0v) is 12.4. The number of halogens is 1. The minimum Gasteiger partial charge on any atom is -0.370 e. The maximum Gasteiger partial charge on any atom is 0.225 e. The lowest BCUT2D eigenvalue weighted by Crippen LogP contribution is -2.37. The van der Waals surface area contributed by atoms with Gasteiger partial charge in [-0.25, -0.2) is 4.39 Å². The van der Waals surface area contributed by atoms with E-state index in [9.17, 15) is 9.18 Å². The van der Waals surface area contributed by atoms with Gasteiger partial charge < -0.3 is 16.0 Å². The Balaban J connectivity index is 1.81. The largest absolute Gasteiger partial charge is 0.370 e. The molecule has 1 aromatic carbocycles. The predicted octanol–water partition coefficient (Wildman–Crippen LogP) is 1.78. The number of hydrogen-bond donors (Lipinski definition) is 2. The van der Waals surface area contributed by atoms with Gasteiger partial charge in [-0.05, 0) is 38.3 Å². The zero-order chi connectivity index (χ0) is 15.0. The summed E-state index contributed by atoms with van der Waals surface area (Å²) in [6.45, 7) is 3.72. The van der Waals surface area contributed by atoms with Crippen LogP contribution in [-0.2, 0) is 11.3 Å². The molecule has 2 fully saturated rings. The molecule has 1 saturated heterocycles. The first-order valence-electron chi connectivity index (χ1n) is 7.55. The van der Waals surface area contributed by atoms with Gasteiger partial charge in [-0.2, -0.15) is 0 Å². The van der Waals surface area contributed by atoms with E-state index in [1.165, 1.54) is 18.9 Å². The monoisotopic (exact) mass is 291 g/mol. The van der Waals surface area contributed by atoms with Gasteiger partial charge in [-0.1, -0.05) is 6.07 Å². The summed E-state index contributed by atoms with van der Waals surface area (Å²) in [5.74, 6) is -0.465. The van der Waals surface area contributed by atoms with E-state index in [-0.39, 0.29) is 11.7 Å². The van der Waals surface area contributed by atoms with Crippen LogP contribution in [0.3, 0.4) is 0 Å². The molecule has 1 aromatic rings. The summed E-state index contributed by atoms with van der Waals surface area (Å²) in [4.78, 5) is 13.7. The number of nitrogens with two attached hydrogens (primary N) is 1. The summed E-state index contributed by atoms with van der Waals surface area (Å²) in [7, 11) is 0. The third kappa shape index (κ3) is 2.88. The molecule has 1 aliphatic carbocycles. The molecule has 0 spiro atoms. The number of rotatable bonds is 5. The van der Waals surface area contributed by atoms with Gasteiger partial charge in [0.15, 0.2) is 0 Å². The summed E-state index contributed by atoms with van der Waals surface area (Å²) < 4.78 is 14.2. The van der Waals surface area contributed by atoms with Crippen molar-refractivity contribution in [2.75, 3.05) is 18.0 Å². The Labute approximate surface area is 124 Å². The fourth-order valence-corrected chi connectivity index (χ4v) is 2.92. The number of hydrogen-bond acceptors (Lipinski definition) is 3. The third-order valence-corrected chi connectivity index (χ3v) is 4.65. The van der Waals surface area contributed by atoms with E-state index in [4.69, 9.17) is 5.73 Å². The van der Waals surface area contributed by atoms with Crippen LogP contribution in [0.25, 0.3) is 0 Å². The van der Waals surface area contributed by atoms with Crippen LogP contribution in [-0.4, -0.2) is 25.0 Å². The first-order valence-corrected chi connectivity index (χ1v) is 7.55. The van der Waals surface area contributed by atoms with Gasteiger partial charge in [0.2, 0.25) is 5.91 Å². The number of anilines is 1. The van der Waals surface area contributed by atoms with Crippen LogP contribution in [0.5, 0.6) is 0 Å². The highest BCUT2D eigenvalue weighted by molar-refractivity contribution is 5.82. The van der Waals surface area contributed by atoms with Crippen molar-refractivity contribution in [2.45, 2.75) is 38.8 Å². The van der Waals surface area contributed by atoms with Gasteiger partial charge in [0.1, 0.15) is 5.82 Å². The maximum atomic E-state index is 14.2. The topological polar surface area (TPSA) is 58.4 Å². The van der Waals surface area contributed by atoms with Crippen molar-refractivity contribution in [1.82, 2.24) is 5.32 Å². The molecule has 3 rings (SSSR count). The molecule has 0 radical (unpaired) electrons. The van der Waals surface area contributed by atoms with Crippen molar-refractivity contribution in [1.29, 1.82) is 0 Å². The normalized spacial score (nSPS) is 25.3. The summed E-state index contributed by atoms with van der Waals surface area (Å²) in [6.07, 6.45) is 3.06. The lowest BCUT2D eigenvalue weighted by Gasteiger charge is -2.25. The van der Waals surface area contributed by atoms with Crippen LogP contribution in [0.15, 0.2) is 18.2 Å². The molecule has 4 nitrogen and oxygen atoms in total. The van der Waals surface area contributed by atoms with Crippen molar-refractivity contribution in [2.24, 2.45) is 11.1 Å². The number of amides is 1. The van der Waals surface area contributed by atoms with E-state index >= 15 is 0 Å². The lowest BCUT2D eigenvalue weighted by atomic mass is 9.89. The molecule has 1 amide bonds. The highest BCUT2D eigenvalue weighted by Crippen LogP contribution is 2.35. The highest BCUT2D eigenvalue weighted by Gasteiger charge is 2.39. The minimum absolute atomic E-state index is 0.187. The Morgan fingerprint density at radius 1 is 1.52 bits per heavy atom. The molecule has 1 saturated carbocycles. The third-order valence-electron chi connectivity index (χ3n) is 4.65. The highest BCUT2D eigenvalue weighted by atomic mass is 19.1. The molecule has 3 N–H and O–H groups in total. The van der Waals surface area contributed by atoms with Crippen molar-refractivity contribution in [3.05, 3.63) is 29.6 Å². The Bertz CT molecular complexity index is 558. The van der Waals surface area contributed by atoms with E-state index in [2.05, 4.69) is 10.2 Å². The molecule has 1 heterocycles. The lowest BCUT2D eigenvalue weighted by molar-refractivity contribution is -0.125. The van der Waals surface area contributed by atoms with Gasteiger partial charge in [-0.3, -0.25) is 4.79 Å². The number of benzene rings is 1. The number of primary amides is 1. The van der Waals surface area contributed by atoms with Crippen LogP contribution >= 0.6 is 0 Å². The Morgan fingerprint density at radius 2 is 2.29 bits per heavy atom. The molecule has 2 aliphatic rings. The molecule has 1 atom stereocenters. The van der Waals surface area contributed by atoms with E-state index in [1.807, 2.05) is 13.0 Å². The van der Waals surface area contributed by atoms with Gasteiger partial charge >= 0.3 is 0 Å². The SMILES string of the molecule is CC1(C(N)=O)CCN(c2cccc(F)c2CNC2CC2)C1. The van der Waals surface area contributed by atoms with E-state index < -0.39 is 5.41 Å². The zero-order valence-electron chi connectivity index (χ0n) is 12.4. The first kappa shape index (κ1) is 14.3. The fraction of sp³-hybridized carbons (Fsp3) is 0.562. The van der Waals surface area contributed by atoms with E-state index in [0.29, 0.717) is 31.1 Å². The second-order valence-corrected chi connectivity index (χ2v) is 6.49. The Hall–Kier alpha value is -1.62. The smallest absolute Gasteiger partial charge is 0.225 e. The fourth-order valence-electron chi connectivity index (χ4n) is 2.92. The van der Waals surface area contributed by atoms with Crippen molar-refractivity contribution in [3.63, 3.8) is 0 Å². The quantitative estimate of drug-likeness (QED) is 0.869. The van der Waals surface area contributed by atoms with Gasteiger partial charge in [0.25, 0.3) is 0 Å². The second-order valence-electron chi connectivity index (χ2n) is 6.49. The molecule has 0 bridgehead atoms. The number of carbonyl (C=O) groups is 1. The molecule has 0 aromatic heterocycles. The standard InChI is InChI=1S/C16H22FN3O/c1-16(15(18)21)7-8-20(10-16)14-4-2-3-13(17)12(14)9-19-11-5-6-11/h2-4,11,19H,5-10H2,1H3,(H2,18,21). The van der Waals surface area contributed by atoms with Crippen LogP contribution in [0.1, 0.15) is 31.7 Å².